The van der Waals surface area contributed by atoms with E-state index in [-0.39, 0.29) is 37.1 Å². The van der Waals surface area contributed by atoms with E-state index in [1.807, 2.05) is 23.1 Å². The minimum Gasteiger partial charge on any atom is -0.462 e. The molecule has 3 fully saturated rings. The number of piperazine rings is 1. The predicted molar refractivity (Wildman–Crippen MR) is 159 cm³/mol. The number of hydrogen-bond acceptors (Lipinski definition) is 7. The first-order valence-electron chi connectivity index (χ1n) is 15.1. The van der Waals surface area contributed by atoms with Crippen molar-refractivity contribution in [3.63, 3.8) is 0 Å². The fourth-order valence-corrected chi connectivity index (χ4v) is 7.30. The number of benzene rings is 2. The van der Waals surface area contributed by atoms with Crippen molar-refractivity contribution < 1.29 is 18.3 Å². The molecule has 10 heteroatoms. The summed E-state index contributed by atoms with van der Waals surface area (Å²) >= 11 is 0. The zero-order chi connectivity index (χ0) is 29.8. The number of fused-ring (bicyclic) bond motifs is 4. The number of likely N-dealkylation sites (N-methyl/N-ethyl adjacent to an activating group) is 1. The molecule has 2 aliphatic carbocycles. The monoisotopic (exact) mass is 584 g/mol. The van der Waals surface area contributed by atoms with Crippen LogP contribution in [-0.2, 0) is 11.2 Å². The van der Waals surface area contributed by atoms with Crippen molar-refractivity contribution in [2.24, 2.45) is 5.92 Å². The van der Waals surface area contributed by atoms with Gasteiger partial charge in [-0.2, -0.15) is 15.2 Å². The van der Waals surface area contributed by atoms with Gasteiger partial charge in [0.2, 0.25) is 0 Å². The Morgan fingerprint density at radius 2 is 2.02 bits per heavy atom. The highest BCUT2D eigenvalue weighted by molar-refractivity contribution is 5.94. The maximum absolute atomic E-state index is 16.6. The zero-order valence-electron chi connectivity index (χ0n) is 24.2. The third-order valence-electron chi connectivity index (χ3n) is 9.74. The number of halogens is 2. The number of amides is 1. The van der Waals surface area contributed by atoms with Crippen LogP contribution in [0.15, 0.2) is 42.7 Å². The van der Waals surface area contributed by atoms with Crippen LogP contribution in [0, 0.1) is 23.1 Å². The summed E-state index contributed by atoms with van der Waals surface area (Å²) in [6.45, 7) is 5.23. The van der Waals surface area contributed by atoms with Gasteiger partial charge in [0.1, 0.15) is 17.9 Å². The molecule has 2 saturated heterocycles. The first kappa shape index (κ1) is 27.7. The lowest BCUT2D eigenvalue weighted by molar-refractivity contribution is -0.131. The molecule has 2 aliphatic heterocycles. The minimum atomic E-state index is -1.06. The molecule has 2 unspecified atom stereocenters. The summed E-state index contributed by atoms with van der Waals surface area (Å²) in [4.78, 5) is 27.3. The Kier molecular flexibility index (Phi) is 7.01. The molecule has 222 valence electrons. The molecule has 3 heterocycles. The quantitative estimate of drug-likeness (QED) is 0.362. The van der Waals surface area contributed by atoms with E-state index in [4.69, 9.17) is 9.72 Å². The summed E-state index contributed by atoms with van der Waals surface area (Å²) in [7, 11) is 2.06. The van der Waals surface area contributed by atoms with Gasteiger partial charge in [0.25, 0.3) is 5.91 Å². The second-order valence-electron chi connectivity index (χ2n) is 12.3. The smallest absolute Gasteiger partial charge is 0.319 e. The first-order valence-corrected chi connectivity index (χ1v) is 15.1. The molecular weight excluding hydrogens is 550 g/mol. The molecule has 0 bridgehead atoms. The highest BCUT2D eigenvalue weighted by atomic mass is 19.1. The molecule has 1 amide bonds. The molecule has 7 rings (SSSR count). The zero-order valence-corrected chi connectivity index (χ0v) is 24.2. The number of carbonyl (C=O) groups is 1. The van der Waals surface area contributed by atoms with Crippen LogP contribution in [0.5, 0.6) is 6.01 Å². The molecule has 4 aliphatic rings. The molecule has 0 N–H and O–H groups in total. The molecule has 0 spiro atoms. The summed E-state index contributed by atoms with van der Waals surface area (Å²) < 4.78 is 36.5. The van der Waals surface area contributed by atoms with Crippen molar-refractivity contribution in [2.75, 3.05) is 44.7 Å². The van der Waals surface area contributed by atoms with Gasteiger partial charge in [-0.1, -0.05) is 30.8 Å². The van der Waals surface area contributed by atoms with Crippen LogP contribution in [0.3, 0.4) is 0 Å². The van der Waals surface area contributed by atoms with Gasteiger partial charge in [0.05, 0.1) is 18.5 Å². The van der Waals surface area contributed by atoms with E-state index in [9.17, 15) is 14.4 Å². The molecular formula is C33H34F2N6O2. The lowest BCUT2D eigenvalue weighted by Gasteiger charge is -2.41. The molecule has 8 nitrogen and oxygen atoms in total. The molecule has 3 aromatic rings. The first-order chi connectivity index (χ1) is 20.8. The second kappa shape index (κ2) is 10.9. The Hall–Kier alpha value is -4.10. The molecule has 0 radical (unpaired) electrons. The van der Waals surface area contributed by atoms with E-state index >= 15 is 4.39 Å². The predicted octanol–water partition coefficient (Wildman–Crippen LogP) is 4.98. The topological polar surface area (TPSA) is 85.6 Å². The van der Waals surface area contributed by atoms with E-state index in [0.29, 0.717) is 41.8 Å². The number of nitriles is 1. The number of aromatic nitrogens is 2. The summed E-state index contributed by atoms with van der Waals surface area (Å²) in [5.41, 5.74) is 4.15. The normalized spacial score (nSPS) is 24.5. The van der Waals surface area contributed by atoms with Crippen molar-refractivity contribution >= 4 is 22.6 Å². The van der Waals surface area contributed by atoms with Crippen molar-refractivity contribution in [2.45, 2.75) is 50.1 Å². The Morgan fingerprint density at radius 3 is 2.79 bits per heavy atom. The van der Waals surface area contributed by atoms with Gasteiger partial charge < -0.3 is 19.4 Å². The van der Waals surface area contributed by atoms with Crippen LogP contribution in [0.4, 0.5) is 14.6 Å². The van der Waals surface area contributed by atoms with Gasteiger partial charge in [-0.25, -0.2) is 8.78 Å². The number of ether oxygens (including phenoxy) is 1. The maximum atomic E-state index is 16.6. The van der Waals surface area contributed by atoms with Gasteiger partial charge in [-0.15, -0.1) is 0 Å². The molecule has 4 atom stereocenters. The average Bonchev–Trinajstić information content (AvgIpc) is 3.50. The summed E-state index contributed by atoms with van der Waals surface area (Å²) in [6, 6.07) is 11.7. The summed E-state index contributed by atoms with van der Waals surface area (Å²) in [5.74, 6) is -0.559. The molecule has 43 heavy (non-hydrogen) atoms. The Balaban J connectivity index is 1.29. The van der Waals surface area contributed by atoms with Gasteiger partial charge in [0.15, 0.2) is 11.6 Å². The van der Waals surface area contributed by atoms with Crippen molar-refractivity contribution in [3.05, 3.63) is 59.7 Å². The Labute approximate surface area is 249 Å². The van der Waals surface area contributed by atoms with Crippen LogP contribution in [0.25, 0.3) is 22.0 Å². The highest BCUT2D eigenvalue weighted by Gasteiger charge is 2.46. The van der Waals surface area contributed by atoms with Crippen molar-refractivity contribution in [1.82, 2.24) is 19.8 Å². The third-order valence-corrected chi connectivity index (χ3v) is 9.74. The lowest BCUT2D eigenvalue weighted by Crippen LogP contribution is -2.55. The van der Waals surface area contributed by atoms with Crippen LogP contribution in [0.2, 0.25) is 0 Å². The van der Waals surface area contributed by atoms with E-state index in [1.54, 1.807) is 6.07 Å². The van der Waals surface area contributed by atoms with E-state index in [0.717, 1.165) is 31.4 Å². The maximum Gasteiger partial charge on any atom is 0.319 e. The van der Waals surface area contributed by atoms with Crippen LogP contribution in [0.1, 0.15) is 42.7 Å². The van der Waals surface area contributed by atoms with Crippen LogP contribution in [-0.4, -0.2) is 77.6 Å². The largest absolute Gasteiger partial charge is 0.462 e. The second-order valence-corrected chi connectivity index (χ2v) is 12.3. The Bertz CT molecular complexity index is 1670. The molecule has 1 aromatic heterocycles. The minimum absolute atomic E-state index is 0.00945. The molecule has 1 saturated carbocycles. The SMILES string of the molecule is C=C(F)C(=O)N1CCN(c2nc(OC[C@@H]3CCCN3C)nc3c(F)c(-c4cccc5c4CC4CC54)ccc23)C[C@@H]1CC#N. The van der Waals surface area contributed by atoms with E-state index < -0.39 is 23.6 Å². The van der Waals surface area contributed by atoms with Crippen molar-refractivity contribution in [1.29, 1.82) is 5.26 Å². The number of likely N-dealkylation sites (tertiary alicyclic amines) is 1. The third kappa shape index (κ3) is 4.89. The average molecular weight is 585 g/mol. The standard InChI is InChI=1S/C33H34F2N6O2/c1-19(34)32(42)41-14-13-40(17-21(41)10-11-36)31-26-9-8-25(23-6-3-7-24-27-15-20(27)16-28(23)24)29(35)30(26)37-33(38-31)43-18-22-5-4-12-39(22)2/h3,6-9,20-22,27H,1,4-5,10,12-18H2,2H3/t20?,21-,22-,27?/m0/s1. The fraction of sp³-hybridized carbons (Fsp3) is 0.455. The fourth-order valence-electron chi connectivity index (χ4n) is 7.30. The lowest BCUT2D eigenvalue weighted by atomic mass is 9.93. The summed E-state index contributed by atoms with van der Waals surface area (Å²) in [5, 5.41) is 9.98. The molecule has 2 aromatic carbocycles. The number of anilines is 1. The van der Waals surface area contributed by atoms with Gasteiger partial charge >= 0.3 is 6.01 Å². The number of hydrogen-bond donors (Lipinski definition) is 0. The number of rotatable bonds is 7. The highest BCUT2D eigenvalue weighted by Crippen LogP contribution is 2.58. The summed E-state index contributed by atoms with van der Waals surface area (Å²) in [6.07, 6.45) is 4.29. The van der Waals surface area contributed by atoms with E-state index in [1.165, 1.54) is 22.4 Å². The van der Waals surface area contributed by atoms with Crippen LogP contribution < -0.4 is 9.64 Å². The van der Waals surface area contributed by atoms with Crippen LogP contribution >= 0.6 is 0 Å². The van der Waals surface area contributed by atoms with Gasteiger partial charge in [-0.05, 0) is 73.9 Å². The number of nitrogens with zero attached hydrogens (tertiary/aromatic N) is 6. The van der Waals surface area contributed by atoms with E-state index in [2.05, 4.69) is 35.6 Å². The number of carbonyl (C=O) groups excluding carboxylic acids is 1. The van der Waals surface area contributed by atoms with Gasteiger partial charge in [-0.3, -0.25) is 4.79 Å². The Morgan fingerprint density at radius 1 is 1.16 bits per heavy atom. The van der Waals surface area contributed by atoms with Crippen molar-refractivity contribution in [3.8, 4) is 23.2 Å². The van der Waals surface area contributed by atoms with Gasteiger partial charge in [0, 0.05) is 36.6 Å².